The van der Waals surface area contributed by atoms with Crippen molar-refractivity contribution < 1.29 is 9.53 Å². The fraction of sp³-hybridized carbons (Fsp3) is 0.533. The summed E-state index contributed by atoms with van der Waals surface area (Å²) in [4.78, 5) is 11.8. The Morgan fingerprint density at radius 1 is 1.28 bits per heavy atom. The van der Waals surface area contributed by atoms with Crippen molar-refractivity contribution in [3.63, 3.8) is 0 Å². The van der Waals surface area contributed by atoms with Gasteiger partial charge in [0.25, 0.3) is 0 Å². The number of hydrogen-bond acceptors (Lipinski definition) is 2. The van der Waals surface area contributed by atoms with E-state index in [0.29, 0.717) is 5.92 Å². The highest BCUT2D eigenvalue weighted by Crippen LogP contribution is 2.26. The summed E-state index contributed by atoms with van der Waals surface area (Å²) in [5.41, 5.74) is 1.87. The molecule has 0 aromatic heterocycles. The van der Waals surface area contributed by atoms with Crippen molar-refractivity contribution in [2.24, 2.45) is 5.92 Å². The number of anilines is 1. The Balaban J connectivity index is 1.90. The van der Waals surface area contributed by atoms with E-state index in [1.807, 2.05) is 31.2 Å². The van der Waals surface area contributed by atoms with E-state index in [1.54, 1.807) is 0 Å². The number of rotatable bonds is 2. The fourth-order valence-corrected chi connectivity index (χ4v) is 2.45. The number of hydrogen-bond donors (Lipinski definition) is 1. The molecule has 1 aliphatic rings. The lowest BCUT2D eigenvalue weighted by Crippen LogP contribution is -2.30. The lowest BCUT2D eigenvalue weighted by molar-refractivity contribution is 0.0524. The van der Waals surface area contributed by atoms with Gasteiger partial charge in [0.1, 0.15) is 6.10 Å². The van der Waals surface area contributed by atoms with E-state index in [2.05, 4.69) is 12.2 Å². The summed E-state index contributed by atoms with van der Waals surface area (Å²) >= 11 is 0. The van der Waals surface area contributed by atoms with Crippen LogP contribution in [0.25, 0.3) is 0 Å². The third-order valence-electron chi connectivity index (χ3n) is 3.67. The molecule has 1 amide bonds. The Morgan fingerprint density at radius 3 is 2.72 bits per heavy atom. The van der Waals surface area contributed by atoms with Crippen LogP contribution in [0.3, 0.4) is 0 Å². The molecule has 2 atom stereocenters. The molecule has 2 rings (SSSR count). The minimum absolute atomic E-state index is 0.0720. The zero-order chi connectivity index (χ0) is 13.0. The van der Waals surface area contributed by atoms with Crippen LogP contribution in [-0.4, -0.2) is 12.2 Å². The van der Waals surface area contributed by atoms with Gasteiger partial charge in [0, 0.05) is 5.69 Å². The van der Waals surface area contributed by atoms with Gasteiger partial charge in [-0.15, -0.1) is 0 Å². The van der Waals surface area contributed by atoms with Crippen molar-refractivity contribution in [3.05, 3.63) is 29.8 Å². The van der Waals surface area contributed by atoms with Gasteiger partial charge in [-0.3, -0.25) is 5.32 Å². The standard InChI is InChI=1S/C15H21NO2/c1-11-7-3-5-9-13(11)16-15(17)18-14-10-6-4-8-12(14)2/h3,5,7,9,12,14H,4,6,8,10H2,1-2H3,(H,16,17)/t12-,14-/m1/s1. The SMILES string of the molecule is Cc1ccccc1NC(=O)O[C@@H]1CCCC[C@H]1C. The predicted molar refractivity (Wildman–Crippen MR) is 72.7 cm³/mol. The monoisotopic (exact) mass is 247 g/mol. The molecule has 0 aliphatic heterocycles. The highest BCUT2D eigenvalue weighted by Gasteiger charge is 2.24. The number of benzene rings is 1. The number of aryl methyl sites for hydroxylation is 1. The first kappa shape index (κ1) is 12.9. The summed E-state index contributed by atoms with van der Waals surface area (Å²) in [6.45, 7) is 4.13. The smallest absolute Gasteiger partial charge is 0.411 e. The molecule has 0 saturated heterocycles. The van der Waals surface area contributed by atoms with Crippen LogP contribution < -0.4 is 5.32 Å². The van der Waals surface area contributed by atoms with Gasteiger partial charge in [-0.05, 0) is 43.7 Å². The topological polar surface area (TPSA) is 38.3 Å². The Bertz CT molecular complexity index is 417. The molecule has 0 unspecified atom stereocenters. The molecular weight excluding hydrogens is 226 g/mol. The first-order valence-electron chi connectivity index (χ1n) is 6.70. The fourth-order valence-electron chi connectivity index (χ4n) is 2.45. The van der Waals surface area contributed by atoms with E-state index in [-0.39, 0.29) is 12.2 Å². The van der Waals surface area contributed by atoms with Gasteiger partial charge in [-0.2, -0.15) is 0 Å². The van der Waals surface area contributed by atoms with Crippen molar-refractivity contribution >= 4 is 11.8 Å². The average molecular weight is 247 g/mol. The van der Waals surface area contributed by atoms with E-state index in [1.165, 1.54) is 6.42 Å². The van der Waals surface area contributed by atoms with E-state index >= 15 is 0 Å². The van der Waals surface area contributed by atoms with Gasteiger partial charge in [0.05, 0.1) is 0 Å². The van der Waals surface area contributed by atoms with Gasteiger partial charge >= 0.3 is 6.09 Å². The normalized spacial score (nSPS) is 23.4. The van der Waals surface area contributed by atoms with Crippen LogP contribution in [0.5, 0.6) is 0 Å². The Morgan fingerprint density at radius 2 is 2.00 bits per heavy atom. The highest BCUT2D eigenvalue weighted by molar-refractivity contribution is 5.85. The summed E-state index contributed by atoms with van der Waals surface area (Å²) in [7, 11) is 0. The van der Waals surface area contributed by atoms with Crippen molar-refractivity contribution in [1.29, 1.82) is 0 Å². The first-order valence-corrected chi connectivity index (χ1v) is 6.70. The molecule has 1 aliphatic carbocycles. The molecule has 1 aromatic carbocycles. The number of amides is 1. The molecule has 0 spiro atoms. The number of nitrogens with one attached hydrogen (secondary N) is 1. The van der Waals surface area contributed by atoms with Crippen molar-refractivity contribution in [1.82, 2.24) is 0 Å². The largest absolute Gasteiger partial charge is 0.446 e. The Kier molecular flexibility index (Phi) is 4.24. The van der Waals surface area contributed by atoms with Crippen LogP contribution in [0.4, 0.5) is 10.5 Å². The molecule has 98 valence electrons. The van der Waals surface area contributed by atoms with Crippen LogP contribution in [0, 0.1) is 12.8 Å². The maximum atomic E-state index is 11.8. The van der Waals surface area contributed by atoms with Gasteiger partial charge in [-0.25, -0.2) is 4.79 Å². The molecule has 0 bridgehead atoms. The molecule has 0 radical (unpaired) electrons. The van der Waals surface area contributed by atoms with Crippen molar-refractivity contribution in [3.8, 4) is 0 Å². The van der Waals surface area contributed by atoms with Gasteiger partial charge in [0.15, 0.2) is 0 Å². The van der Waals surface area contributed by atoms with Gasteiger partial charge in [0.2, 0.25) is 0 Å². The summed E-state index contributed by atoms with van der Waals surface area (Å²) in [5.74, 6) is 0.473. The predicted octanol–water partition coefficient (Wildman–Crippen LogP) is 4.12. The Labute approximate surface area is 109 Å². The maximum Gasteiger partial charge on any atom is 0.411 e. The average Bonchev–Trinajstić information content (AvgIpc) is 2.35. The maximum absolute atomic E-state index is 11.8. The minimum atomic E-state index is -0.331. The molecule has 3 heteroatoms. The summed E-state index contributed by atoms with van der Waals surface area (Å²) in [6, 6.07) is 7.72. The summed E-state index contributed by atoms with van der Waals surface area (Å²) in [6.07, 6.45) is 4.29. The van der Waals surface area contributed by atoms with Crippen LogP contribution in [0.2, 0.25) is 0 Å². The number of ether oxygens (including phenoxy) is 1. The van der Waals surface area contributed by atoms with Crippen molar-refractivity contribution in [2.45, 2.75) is 45.6 Å². The lowest BCUT2D eigenvalue weighted by Gasteiger charge is -2.28. The second-order valence-corrected chi connectivity index (χ2v) is 5.15. The minimum Gasteiger partial charge on any atom is -0.446 e. The van der Waals surface area contributed by atoms with Crippen LogP contribution in [0.15, 0.2) is 24.3 Å². The van der Waals surface area contributed by atoms with Gasteiger partial charge < -0.3 is 4.74 Å². The number of carbonyl (C=O) groups excluding carboxylic acids is 1. The lowest BCUT2D eigenvalue weighted by atomic mass is 9.88. The number of carbonyl (C=O) groups is 1. The zero-order valence-corrected chi connectivity index (χ0v) is 11.1. The van der Waals surface area contributed by atoms with E-state index in [9.17, 15) is 4.79 Å². The third kappa shape index (κ3) is 3.25. The molecular formula is C15H21NO2. The molecule has 3 nitrogen and oxygen atoms in total. The molecule has 0 heterocycles. The summed E-state index contributed by atoms with van der Waals surface area (Å²) in [5, 5.41) is 2.82. The van der Waals surface area contributed by atoms with Crippen LogP contribution >= 0.6 is 0 Å². The molecule has 18 heavy (non-hydrogen) atoms. The second-order valence-electron chi connectivity index (χ2n) is 5.15. The van der Waals surface area contributed by atoms with Crippen molar-refractivity contribution in [2.75, 3.05) is 5.32 Å². The third-order valence-corrected chi connectivity index (χ3v) is 3.67. The summed E-state index contributed by atoms with van der Waals surface area (Å²) < 4.78 is 5.51. The van der Waals surface area contributed by atoms with Crippen LogP contribution in [0.1, 0.15) is 38.2 Å². The number of para-hydroxylation sites is 1. The zero-order valence-electron chi connectivity index (χ0n) is 11.1. The Hall–Kier alpha value is -1.51. The first-order chi connectivity index (χ1) is 8.66. The highest BCUT2D eigenvalue weighted by atomic mass is 16.6. The van der Waals surface area contributed by atoms with Crippen LogP contribution in [-0.2, 0) is 4.74 Å². The molecule has 1 aromatic rings. The molecule has 1 saturated carbocycles. The van der Waals surface area contributed by atoms with E-state index in [4.69, 9.17) is 4.74 Å². The second kappa shape index (κ2) is 5.89. The van der Waals surface area contributed by atoms with Gasteiger partial charge in [-0.1, -0.05) is 31.5 Å². The quantitative estimate of drug-likeness (QED) is 0.853. The molecule has 1 fully saturated rings. The molecule has 1 N–H and O–H groups in total. The van der Waals surface area contributed by atoms with E-state index < -0.39 is 0 Å². The van der Waals surface area contributed by atoms with E-state index in [0.717, 1.165) is 30.5 Å².